The predicted molar refractivity (Wildman–Crippen MR) is 122 cm³/mol. The van der Waals surface area contributed by atoms with Gasteiger partial charge >= 0.3 is 5.97 Å². The molecule has 2 atom stereocenters. The van der Waals surface area contributed by atoms with Gasteiger partial charge in [0.25, 0.3) is 11.8 Å². The van der Waals surface area contributed by atoms with Gasteiger partial charge in [-0.05, 0) is 49.4 Å². The summed E-state index contributed by atoms with van der Waals surface area (Å²) < 4.78 is 10.8. The van der Waals surface area contributed by atoms with E-state index >= 15 is 0 Å². The minimum atomic E-state index is -0.974. The fourth-order valence-corrected chi connectivity index (χ4v) is 3.83. The summed E-state index contributed by atoms with van der Waals surface area (Å²) in [6, 6.07) is 13.6. The van der Waals surface area contributed by atoms with Crippen LogP contribution in [0.15, 0.2) is 48.5 Å². The Labute approximate surface area is 188 Å². The third kappa shape index (κ3) is 5.10. The first-order valence-corrected chi connectivity index (χ1v) is 10.9. The molecule has 1 aliphatic rings. The quantitative estimate of drug-likeness (QED) is 0.670. The molecule has 0 aromatic heterocycles. The van der Waals surface area contributed by atoms with Gasteiger partial charge in [0, 0.05) is 12.2 Å². The van der Waals surface area contributed by atoms with E-state index < -0.39 is 24.0 Å². The molecule has 0 saturated carbocycles. The molecule has 7 nitrogen and oxygen atoms in total. The van der Waals surface area contributed by atoms with Gasteiger partial charge in [0.1, 0.15) is 11.8 Å². The third-order valence-electron chi connectivity index (χ3n) is 5.58. The van der Waals surface area contributed by atoms with Crippen LogP contribution in [0.4, 0.5) is 5.69 Å². The maximum Gasteiger partial charge on any atom is 0.329 e. The summed E-state index contributed by atoms with van der Waals surface area (Å²) in [5, 5.41) is 2.73. The van der Waals surface area contributed by atoms with Gasteiger partial charge in [-0.2, -0.15) is 0 Å². The van der Waals surface area contributed by atoms with E-state index in [0.717, 1.165) is 24.1 Å². The summed E-state index contributed by atoms with van der Waals surface area (Å²) in [7, 11) is 1.48. The second-order valence-corrected chi connectivity index (χ2v) is 8.20. The SMILES string of the molecule is COc1ccccc1C(=O)N[C@H](C(=O)O[C@@H](C)C(=O)N1CCCc2ccccc21)C(C)C. The highest BCUT2D eigenvalue weighted by atomic mass is 16.5. The van der Waals surface area contributed by atoms with Crippen molar-refractivity contribution in [3.8, 4) is 5.75 Å². The maximum absolute atomic E-state index is 13.1. The number of hydrogen-bond donors (Lipinski definition) is 1. The van der Waals surface area contributed by atoms with Crippen LogP contribution in [0.5, 0.6) is 5.75 Å². The van der Waals surface area contributed by atoms with Crippen LogP contribution < -0.4 is 15.0 Å². The number of benzene rings is 2. The number of carbonyl (C=O) groups is 3. The minimum absolute atomic E-state index is 0.237. The summed E-state index contributed by atoms with van der Waals surface area (Å²) in [6.45, 7) is 5.76. The Morgan fingerprint density at radius 3 is 2.41 bits per heavy atom. The number of para-hydroxylation sites is 2. The fourth-order valence-electron chi connectivity index (χ4n) is 3.83. The van der Waals surface area contributed by atoms with Crippen LogP contribution in [0.2, 0.25) is 0 Å². The first-order chi connectivity index (χ1) is 15.3. The topological polar surface area (TPSA) is 84.9 Å². The molecule has 170 valence electrons. The fraction of sp³-hybridized carbons (Fsp3) is 0.400. The molecule has 0 saturated heterocycles. The normalized spacial score (nSPS) is 14.8. The first-order valence-electron chi connectivity index (χ1n) is 10.9. The van der Waals surface area contributed by atoms with Crippen LogP contribution >= 0.6 is 0 Å². The highest BCUT2D eigenvalue weighted by Crippen LogP contribution is 2.27. The van der Waals surface area contributed by atoms with Crippen LogP contribution in [0.25, 0.3) is 0 Å². The maximum atomic E-state index is 13.1. The molecule has 1 heterocycles. The largest absolute Gasteiger partial charge is 0.496 e. The van der Waals surface area contributed by atoms with E-state index in [1.807, 2.05) is 38.1 Å². The highest BCUT2D eigenvalue weighted by molar-refractivity contribution is 6.00. The zero-order valence-electron chi connectivity index (χ0n) is 19.0. The number of hydrogen-bond acceptors (Lipinski definition) is 5. The number of fused-ring (bicyclic) bond motifs is 1. The van der Waals surface area contributed by atoms with E-state index in [0.29, 0.717) is 17.9 Å². The van der Waals surface area contributed by atoms with E-state index in [9.17, 15) is 14.4 Å². The van der Waals surface area contributed by atoms with Crippen LogP contribution in [-0.2, 0) is 20.7 Å². The molecule has 0 unspecified atom stereocenters. The summed E-state index contributed by atoms with van der Waals surface area (Å²) in [4.78, 5) is 40.4. The highest BCUT2D eigenvalue weighted by Gasteiger charge is 2.32. The smallest absolute Gasteiger partial charge is 0.329 e. The lowest BCUT2D eigenvalue weighted by Crippen LogP contribution is -2.49. The van der Waals surface area contributed by atoms with E-state index in [4.69, 9.17) is 9.47 Å². The summed E-state index contributed by atoms with van der Waals surface area (Å²) >= 11 is 0. The van der Waals surface area contributed by atoms with Gasteiger partial charge < -0.3 is 19.7 Å². The average molecular weight is 439 g/mol. The Bertz CT molecular complexity index is 988. The van der Waals surface area contributed by atoms with E-state index in [1.54, 1.807) is 36.1 Å². The second kappa shape index (κ2) is 10.3. The number of esters is 1. The predicted octanol–water partition coefficient (Wildman–Crippen LogP) is 3.36. The lowest BCUT2D eigenvalue weighted by atomic mass is 10.0. The van der Waals surface area contributed by atoms with Crippen molar-refractivity contribution < 1.29 is 23.9 Å². The van der Waals surface area contributed by atoms with Crippen molar-refractivity contribution in [1.82, 2.24) is 5.32 Å². The van der Waals surface area contributed by atoms with Gasteiger partial charge in [-0.15, -0.1) is 0 Å². The van der Waals surface area contributed by atoms with Gasteiger partial charge in [-0.1, -0.05) is 44.2 Å². The molecule has 0 aliphatic carbocycles. The van der Waals surface area contributed by atoms with E-state index in [2.05, 4.69) is 5.32 Å². The van der Waals surface area contributed by atoms with Gasteiger partial charge in [0.05, 0.1) is 12.7 Å². The van der Waals surface area contributed by atoms with Crippen molar-refractivity contribution in [2.75, 3.05) is 18.6 Å². The van der Waals surface area contributed by atoms with Crippen molar-refractivity contribution in [3.05, 3.63) is 59.7 Å². The standard InChI is InChI=1S/C25H30N2O5/c1-16(2)22(26-23(28)19-12-6-8-14-21(19)31-4)25(30)32-17(3)24(29)27-15-9-11-18-10-5-7-13-20(18)27/h5-8,10,12-14,16-17,22H,9,11,15H2,1-4H3,(H,26,28)/t17-,22-/m0/s1. The molecule has 0 spiro atoms. The van der Waals surface area contributed by atoms with Crippen LogP contribution in [-0.4, -0.2) is 43.6 Å². The molecular weight excluding hydrogens is 408 g/mol. The molecule has 2 aromatic carbocycles. The average Bonchev–Trinajstić information content (AvgIpc) is 2.81. The lowest BCUT2D eigenvalue weighted by molar-refractivity contribution is -0.156. The molecule has 7 heteroatoms. The van der Waals surface area contributed by atoms with Crippen LogP contribution in [0.3, 0.4) is 0 Å². The molecule has 0 fully saturated rings. The number of aryl methyl sites for hydroxylation is 1. The Morgan fingerprint density at radius 1 is 1.00 bits per heavy atom. The number of carbonyl (C=O) groups excluding carboxylic acids is 3. The molecule has 2 aromatic rings. The molecule has 1 N–H and O–H groups in total. The summed E-state index contributed by atoms with van der Waals surface area (Å²) in [6.07, 6.45) is 0.795. The number of nitrogens with one attached hydrogen (secondary N) is 1. The Balaban J connectivity index is 1.69. The molecule has 32 heavy (non-hydrogen) atoms. The third-order valence-corrected chi connectivity index (χ3v) is 5.58. The van der Waals surface area contributed by atoms with Crippen molar-refractivity contribution in [2.45, 2.75) is 45.8 Å². The zero-order valence-corrected chi connectivity index (χ0v) is 19.0. The van der Waals surface area contributed by atoms with Gasteiger partial charge in [0.2, 0.25) is 0 Å². The van der Waals surface area contributed by atoms with Gasteiger partial charge in [-0.3, -0.25) is 9.59 Å². The summed E-state index contributed by atoms with van der Waals surface area (Å²) in [5.41, 5.74) is 2.29. The number of methoxy groups -OCH3 is 1. The van der Waals surface area contributed by atoms with Crippen LogP contribution in [0.1, 0.15) is 43.1 Å². The van der Waals surface area contributed by atoms with Crippen molar-refractivity contribution >= 4 is 23.5 Å². The Morgan fingerprint density at radius 2 is 1.69 bits per heavy atom. The number of amides is 2. The minimum Gasteiger partial charge on any atom is -0.496 e. The van der Waals surface area contributed by atoms with Crippen molar-refractivity contribution in [3.63, 3.8) is 0 Å². The number of rotatable bonds is 7. The number of nitrogens with zero attached hydrogens (tertiary/aromatic N) is 1. The summed E-state index contributed by atoms with van der Waals surface area (Å²) in [5.74, 6) is -1.19. The molecular formula is C25H30N2O5. The molecule has 3 rings (SSSR count). The van der Waals surface area contributed by atoms with E-state index in [1.165, 1.54) is 7.11 Å². The molecule has 0 radical (unpaired) electrons. The number of anilines is 1. The Hall–Kier alpha value is -3.35. The van der Waals surface area contributed by atoms with Crippen molar-refractivity contribution in [2.24, 2.45) is 5.92 Å². The molecule has 2 amide bonds. The molecule has 1 aliphatic heterocycles. The first kappa shape index (κ1) is 23.3. The van der Waals surface area contributed by atoms with Crippen LogP contribution in [0, 0.1) is 5.92 Å². The monoisotopic (exact) mass is 438 g/mol. The molecule has 0 bridgehead atoms. The number of ether oxygens (including phenoxy) is 2. The zero-order chi connectivity index (χ0) is 23.3. The Kier molecular flexibility index (Phi) is 7.51. The lowest BCUT2D eigenvalue weighted by Gasteiger charge is -2.31. The van der Waals surface area contributed by atoms with Gasteiger partial charge in [0.15, 0.2) is 6.10 Å². The van der Waals surface area contributed by atoms with Gasteiger partial charge in [-0.25, -0.2) is 4.79 Å². The van der Waals surface area contributed by atoms with Crippen molar-refractivity contribution in [1.29, 1.82) is 0 Å². The second-order valence-electron chi connectivity index (χ2n) is 8.20. The van der Waals surface area contributed by atoms with E-state index in [-0.39, 0.29) is 11.8 Å².